The van der Waals surface area contributed by atoms with Crippen LogP contribution in [0.2, 0.25) is 0 Å². The molecule has 0 aromatic heterocycles. The minimum atomic E-state index is -1.37. The van der Waals surface area contributed by atoms with Crippen molar-refractivity contribution in [2.24, 2.45) is 0 Å². The first-order chi connectivity index (χ1) is 11.6. The highest BCUT2D eigenvalue weighted by molar-refractivity contribution is 4.88. The van der Waals surface area contributed by atoms with Gasteiger partial charge in [-0.3, -0.25) is 0 Å². The molecule has 0 unspecified atom stereocenters. The molecule has 144 valence electrons. The van der Waals surface area contributed by atoms with Gasteiger partial charge in [0.15, 0.2) is 6.29 Å². The number of unbranched alkanes of at least 4 members (excludes halogenated alkanes) is 9. The maximum Gasteiger partial charge on any atom is 0.186 e. The van der Waals surface area contributed by atoms with E-state index < -0.39 is 37.3 Å². The molecule has 0 radical (unpaired) electrons. The summed E-state index contributed by atoms with van der Waals surface area (Å²) in [5, 5.41) is 38.3. The van der Waals surface area contributed by atoms with Gasteiger partial charge in [-0.25, -0.2) is 0 Å². The largest absolute Gasteiger partial charge is 0.394 e. The normalized spacial score (nSPS) is 30.6. The highest BCUT2D eigenvalue weighted by Crippen LogP contribution is 2.22. The van der Waals surface area contributed by atoms with E-state index in [-0.39, 0.29) is 0 Å². The fourth-order valence-electron chi connectivity index (χ4n) is 2.99. The van der Waals surface area contributed by atoms with E-state index >= 15 is 0 Å². The Labute approximate surface area is 145 Å². The molecule has 0 aromatic rings. The van der Waals surface area contributed by atoms with Crippen LogP contribution in [0.5, 0.6) is 0 Å². The average Bonchev–Trinajstić information content (AvgIpc) is 2.59. The summed E-state index contributed by atoms with van der Waals surface area (Å²) in [6.07, 6.45) is 6.37. The predicted molar refractivity (Wildman–Crippen MR) is 91.6 cm³/mol. The van der Waals surface area contributed by atoms with Gasteiger partial charge in [-0.2, -0.15) is 0 Å². The molecule has 1 rings (SSSR count). The Morgan fingerprint density at radius 1 is 0.750 bits per heavy atom. The summed E-state index contributed by atoms with van der Waals surface area (Å²) in [5.74, 6) is 0. The molecule has 5 atom stereocenters. The molecule has 0 saturated carbocycles. The Hall–Kier alpha value is -0.240. The second kappa shape index (κ2) is 13.0. The predicted octanol–water partition coefficient (Wildman–Crippen LogP) is 1.72. The van der Waals surface area contributed by atoms with Gasteiger partial charge in [0.05, 0.1) is 6.61 Å². The maximum absolute atomic E-state index is 9.84. The summed E-state index contributed by atoms with van der Waals surface area (Å²) < 4.78 is 10.8. The first-order valence-corrected chi connectivity index (χ1v) is 9.54. The van der Waals surface area contributed by atoms with Crippen LogP contribution in [0.15, 0.2) is 0 Å². The van der Waals surface area contributed by atoms with Crippen molar-refractivity contribution >= 4 is 0 Å². The lowest BCUT2D eigenvalue weighted by atomic mass is 9.99. The molecule has 1 aliphatic rings. The SMILES string of the molecule is CCCCCCCCCCCCO[C@H]1O[C@H](CO)[C@H](O)[C@H](O)[C@H]1O. The summed E-state index contributed by atoms with van der Waals surface area (Å²) in [7, 11) is 0. The van der Waals surface area contributed by atoms with E-state index in [1.807, 2.05) is 0 Å². The van der Waals surface area contributed by atoms with E-state index in [1.165, 1.54) is 51.4 Å². The monoisotopic (exact) mass is 348 g/mol. The quantitative estimate of drug-likeness (QED) is 0.378. The molecular formula is C18H36O6. The van der Waals surface area contributed by atoms with Crippen molar-refractivity contribution in [3.05, 3.63) is 0 Å². The summed E-state index contributed by atoms with van der Waals surface area (Å²) >= 11 is 0. The molecule has 4 N–H and O–H groups in total. The molecule has 1 aliphatic heterocycles. The van der Waals surface area contributed by atoms with Gasteiger partial charge in [0, 0.05) is 6.61 Å². The molecule has 24 heavy (non-hydrogen) atoms. The lowest BCUT2D eigenvalue weighted by Gasteiger charge is -2.39. The third-order valence-corrected chi connectivity index (χ3v) is 4.63. The maximum atomic E-state index is 9.84. The second-order valence-electron chi connectivity index (χ2n) is 6.75. The van der Waals surface area contributed by atoms with Gasteiger partial charge in [0.2, 0.25) is 0 Å². The Bertz CT molecular complexity index is 299. The van der Waals surface area contributed by atoms with Gasteiger partial charge in [-0.1, -0.05) is 64.7 Å². The third-order valence-electron chi connectivity index (χ3n) is 4.63. The van der Waals surface area contributed by atoms with Crippen LogP contribution in [-0.2, 0) is 9.47 Å². The number of hydrogen-bond acceptors (Lipinski definition) is 6. The van der Waals surface area contributed by atoms with Crippen LogP contribution in [0, 0.1) is 0 Å². The molecule has 6 heteroatoms. The Kier molecular flexibility index (Phi) is 11.8. The van der Waals surface area contributed by atoms with Crippen LogP contribution in [0.3, 0.4) is 0 Å². The van der Waals surface area contributed by atoms with Crippen molar-refractivity contribution < 1.29 is 29.9 Å². The van der Waals surface area contributed by atoms with Gasteiger partial charge in [-0.05, 0) is 6.42 Å². The molecular weight excluding hydrogens is 312 g/mol. The van der Waals surface area contributed by atoms with E-state index in [1.54, 1.807) is 0 Å². The van der Waals surface area contributed by atoms with Crippen molar-refractivity contribution in [2.45, 2.75) is 102 Å². The number of ether oxygens (including phenoxy) is 2. The Balaban J connectivity index is 2.02. The van der Waals surface area contributed by atoms with Crippen LogP contribution < -0.4 is 0 Å². The fourth-order valence-corrected chi connectivity index (χ4v) is 2.99. The lowest BCUT2D eigenvalue weighted by molar-refractivity contribution is -0.301. The van der Waals surface area contributed by atoms with Crippen LogP contribution in [0.1, 0.15) is 71.1 Å². The third kappa shape index (κ3) is 7.76. The summed E-state index contributed by atoms with van der Waals surface area (Å²) in [6.45, 7) is 2.23. The molecule has 1 heterocycles. The Morgan fingerprint density at radius 2 is 1.29 bits per heavy atom. The smallest absolute Gasteiger partial charge is 0.186 e. The van der Waals surface area contributed by atoms with Crippen LogP contribution >= 0.6 is 0 Å². The van der Waals surface area contributed by atoms with Crippen molar-refractivity contribution in [3.8, 4) is 0 Å². The lowest BCUT2D eigenvalue weighted by Crippen LogP contribution is -2.59. The van der Waals surface area contributed by atoms with E-state index in [2.05, 4.69) is 6.92 Å². The molecule has 1 saturated heterocycles. The first-order valence-electron chi connectivity index (χ1n) is 9.54. The highest BCUT2D eigenvalue weighted by atomic mass is 16.7. The first kappa shape index (κ1) is 21.8. The van der Waals surface area contributed by atoms with E-state index in [9.17, 15) is 15.3 Å². The topological polar surface area (TPSA) is 99.4 Å². The molecule has 0 bridgehead atoms. The number of aliphatic hydroxyl groups excluding tert-OH is 4. The zero-order valence-corrected chi connectivity index (χ0v) is 15.0. The fraction of sp³-hybridized carbons (Fsp3) is 1.00. The number of hydrogen-bond donors (Lipinski definition) is 4. The molecule has 0 amide bonds. The summed E-state index contributed by atoms with van der Waals surface area (Å²) in [4.78, 5) is 0. The molecule has 0 spiro atoms. The molecule has 6 nitrogen and oxygen atoms in total. The summed E-state index contributed by atoms with van der Waals surface area (Å²) in [5.41, 5.74) is 0. The van der Waals surface area contributed by atoms with Crippen molar-refractivity contribution in [3.63, 3.8) is 0 Å². The minimum Gasteiger partial charge on any atom is -0.394 e. The van der Waals surface area contributed by atoms with Crippen molar-refractivity contribution in [1.82, 2.24) is 0 Å². The molecule has 0 aromatic carbocycles. The van der Waals surface area contributed by atoms with E-state index in [0.717, 1.165) is 12.8 Å². The van der Waals surface area contributed by atoms with Crippen LogP contribution in [0.25, 0.3) is 0 Å². The minimum absolute atomic E-state index is 0.428. The van der Waals surface area contributed by atoms with E-state index in [0.29, 0.717) is 6.61 Å². The average molecular weight is 348 g/mol. The molecule has 0 aliphatic carbocycles. The van der Waals surface area contributed by atoms with Gasteiger partial charge in [0.1, 0.15) is 24.4 Å². The van der Waals surface area contributed by atoms with Gasteiger partial charge >= 0.3 is 0 Å². The van der Waals surface area contributed by atoms with Crippen molar-refractivity contribution in [2.75, 3.05) is 13.2 Å². The van der Waals surface area contributed by atoms with E-state index in [4.69, 9.17) is 14.6 Å². The van der Waals surface area contributed by atoms with Gasteiger partial charge < -0.3 is 29.9 Å². The number of rotatable bonds is 13. The number of aliphatic hydroxyl groups is 4. The Morgan fingerprint density at radius 3 is 1.83 bits per heavy atom. The van der Waals surface area contributed by atoms with Crippen molar-refractivity contribution in [1.29, 1.82) is 0 Å². The van der Waals surface area contributed by atoms with Crippen LogP contribution in [-0.4, -0.2) is 64.3 Å². The second-order valence-corrected chi connectivity index (χ2v) is 6.75. The zero-order valence-electron chi connectivity index (χ0n) is 15.0. The van der Waals surface area contributed by atoms with Gasteiger partial charge in [-0.15, -0.1) is 0 Å². The summed E-state index contributed by atoms with van der Waals surface area (Å²) in [6, 6.07) is 0. The zero-order chi connectivity index (χ0) is 17.8. The van der Waals surface area contributed by atoms with Gasteiger partial charge in [0.25, 0.3) is 0 Å². The standard InChI is InChI=1S/C18H36O6/c1-2-3-4-5-6-7-8-9-10-11-12-23-18-17(22)16(21)15(20)14(13-19)24-18/h14-22H,2-13H2,1H3/t14-,15+,16+,17-,18+/m1/s1. The highest BCUT2D eigenvalue weighted by Gasteiger charge is 2.43. The van der Waals surface area contributed by atoms with Crippen LogP contribution in [0.4, 0.5) is 0 Å². The molecule has 1 fully saturated rings.